The molecule has 2 aromatic carbocycles. The van der Waals surface area contributed by atoms with Crippen LogP contribution >= 0.6 is 0 Å². The van der Waals surface area contributed by atoms with Gasteiger partial charge in [-0.1, -0.05) is 52.0 Å². The Kier molecular flexibility index (Phi) is 8.81. The predicted molar refractivity (Wildman–Crippen MR) is 134 cm³/mol. The Bertz CT molecular complexity index is 976. The standard InChI is InChI=1S/C29H36O4/c1-9-13-21-19(5)25(32-27(30)11-3)17-15-23(21)29(7,8)24-16-18-26(33-28(31)12-4)20(6)22(24)14-10-2/h9-10,15-18H,1-2,11-14H2,3-8H3. The number of hydrogen-bond donors (Lipinski definition) is 0. The summed E-state index contributed by atoms with van der Waals surface area (Å²) >= 11 is 0. The SMILES string of the molecule is C=CCc1c(C(C)(C)c2ccc(OC(=O)CC)c(C)c2CC=C)ccc(OC(=O)CC)c1C. The molecule has 0 aromatic heterocycles. The van der Waals surface area contributed by atoms with Gasteiger partial charge >= 0.3 is 11.9 Å². The molecule has 0 saturated carbocycles. The van der Waals surface area contributed by atoms with Gasteiger partial charge in [-0.3, -0.25) is 9.59 Å². The number of esters is 2. The molecule has 0 atom stereocenters. The molecule has 0 bridgehead atoms. The summed E-state index contributed by atoms with van der Waals surface area (Å²) in [7, 11) is 0. The van der Waals surface area contributed by atoms with Gasteiger partial charge in [0.15, 0.2) is 0 Å². The lowest BCUT2D eigenvalue weighted by molar-refractivity contribution is -0.135. The highest BCUT2D eigenvalue weighted by Gasteiger charge is 2.30. The Morgan fingerprint density at radius 3 is 1.45 bits per heavy atom. The zero-order valence-electron chi connectivity index (χ0n) is 20.8. The van der Waals surface area contributed by atoms with Crippen molar-refractivity contribution in [1.82, 2.24) is 0 Å². The van der Waals surface area contributed by atoms with Crippen LogP contribution in [0.4, 0.5) is 0 Å². The molecule has 0 radical (unpaired) electrons. The number of rotatable bonds is 10. The maximum atomic E-state index is 11.9. The van der Waals surface area contributed by atoms with Crippen LogP contribution in [0.5, 0.6) is 11.5 Å². The monoisotopic (exact) mass is 448 g/mol. The zero-order chi connectivity index (χ0) is 24.8. The first-order valence-corrected chi connectivity index (χ1v) is 11.5. The second-order valence-corrected chi connectivity index (χ2v) is 8.70. The number of hydrogen-bond acceptors (Lipinski definition) is 4. The van der Waals surface area contributed by atoms with Gasteiger partial charge in [-0.05, 0) is 72.2 Å². The van der Waals surface area contributed by atoms with Crippen molar-refractivity contribution in [3.05, 3.63) is 83.0 Å². The Labute approximate surface area is 198 Å². The van der Waals surface area contributed by atoms with Crippen LogP contribution in [0.3, 0.4) is 0 Å². The largest absolute Gasteiger partial charge is 0.426 e. The second-order valence-electron chi connectivity index (χ2n) is 8.70. The summed E-state index contributed by atoms with van der Waals surface area (Å²) in [6.07, 6.45) is 5.70. The summed E-state index contributed by atoms with van der Waals surface area (Å²) in [6, 6.07) is 7.85. The summed E-state index contributed by atoms with van der Waals surface area (Å²) < 4.78 is 11.1. The van der Waals surface area contributed by atoms with Crippen LogP contribution in [-0.2, 0) is 27.8 Å². The second kappa shape index (κ2) is 11.1. The zero-order valence-corrected chi connectivity index (χ0v) is 20.8. The van der Waals surface area contributed by atoms with Gasteiger partial charge < -0.3 is 9.47 Å². The number of carbonyl (C=O) groups excluding carboxylic acids is 2. The van der Waals surface area contributed by atoms with Gasteiger partial charge in [-0.25, -0.2) is 0 Å². The van der Waals surface area contributed by atoms with Crippen molar-refractivity contribution in [3.8, 4) is 11.5 Å². The van der Waals surface area contributed by atoms with Gasteiger partial charge in [0.05, 0.1) is 0 Å². The first-order chi connectivity index (χ1) is 15.6. The van der Waals surface area contributed by atoms with E-state index >= 15 is 0 Å². The van der Waals surface area contributed by atoms with Crippen LogP contribution in [-0.4, -0.2) is 11.9 Å². The van der Waals surface area contributed by atoms with Crippen LogP contribution in [0.25, 0.3) is 0 Å². The van der Waals surface area contributed by atoms with Crippen molar-refractivity contribution in [2.75, 3.05) is 0 Å². The van der Waals surface area contributed by atoms with Crippen molar-refractivity contribution in [2.45, 2.75) is 72.6 Å². The molecule has 0 unspecified atom stereocenters. The average Bonchev–Trinajstić information content (AvgIpc) is 2.78. The molecular weight excluding hydrogens is 412 g/mol. The molecular formula is C29H36O4. The first kappa shape index (κ1) is 26.1. The van der Waals surface area contributed by atoms with Crippen LogP contribution < -0.4 is 9.47 Å². The minimum absolute atomic E-state index is 0.254. The Balaban J connectivity index is 2.69. The van der Waals surface area contributed by atoms with E-state index in [1.165, 1.54) is 0 Å². The summed E-state index contributed by atoms with van der Waals surface area (Å²) in [5.74, 6) is 0.664. The fraction of sp³-hybridized carbons (Fsp3) is 0.379. The van der Waals surface area contributed by atoms with E-state index in [4.69, 9.17) is 9.47 Å². The summed E-state index contributed by atoms with van der Waals surface area (Å²) in [6.45, 7) is 19.8. The molecule has 0 heterocycles. The molecule has 33 heavy (non-hydrogen) atoms. The topological polar surface area (TPSA) is 52.6 Å². The molecule has 2 aromatic rings. The molecule has 0 N–H and O–H groups in total. The maximum Gasteiger partial charge on any atom is 0.310 e. The van der Waals surface area contributed by atoms with Crippen LogP contribution in [0.1, 0.15) is 73.9 Å². The highest BCUT2D eigenvalue weighted by atomic mass is 16.5. The molecule has 2 rings (SSSR count). The van der Waals surface area contributed by atoms with Crippen molar-refractivity contribution in [1.29, 1.82) is 0 Å². The molecule has 0 fully saturated rings. The number of benzene rings is 2. The summed E-state index contributed by atoms with van der Waals surface area (Å²) in [5.41, 5.74) is 5.99. The molecule has 4 heteroatoms. The minimum Gasteiger partial charge on any atom is -0.426 e. The van der Waals surface area contributed by atoms with Crippen molar-refractivity contribution < 1.29 is 19.1 Å². The number of allylic oxidation sites excluding steroid dienone is 2. The smallest absolute Gasteiger partial charge is 0.310 e. The van der Waals surface area contributed by atoms with Crippen LogP contribution in [0.15, 0.2) is 49.6 Å². The average molecular weight is 449 g/mol. The summed E-state index contributed by atoms with van der Waals surface area (Å²) in [5, 5.41) is 0. The van der Waals surface area contributed by atoms with Gasteiger partial charge in [-0.2, -0.15) is 0 Å². The van der Waals surface area contributed by atoms with E-state index in [0.29, 0.717) is 37.2 Å². The number of ether oxygens (including phenoxy) is 2. The Morgan fingerprint density at radius 1 is 0.788 bits per heavy atom. The molecule has 176 valence electrons. The quantitative estimate of drug-likeness (QED) is 0.230. The molecule has 0 aliphatic rings. The van der Waals surface area contributed by atoms with Gasteiger partial charge in [0.2, 0.25) is 0 Å². The minimum atomic E-state index is -0.368. The van der Waals surface area contributed by atoms with E-state index in [9.17, 15) is 9.59 Å². The molecule has 0 aliphatic heterocycles. The van der Waals surface area contributed by atoms with Crippen molar-refractivity contribution >= 4 is 11.9 Å². The summed E-state index contributed by atoms with van der Waals surface area (Å²) in [4.78, 5) is 23.8. The van der Waals surface area contributed by atoms with Gasteiger partial charge in [0.1, 0.15) is 11.5 Å². The molecule has 0 aliphatic carbocycles. The van der Waals surface area contributed by atoms with Gasteiger partial charge in [0.25, 0.3) is 0 Å². The molecule has 0 saturated heterocycles. The van der Waals surface area contributed by atoms with Gasteiger partial charge in [0, 0.05) is 18.3 Å². The number of carbonyl (C=O) groups is 2. The van der Waals surface area contributed by atoms with E-state index in [0.717, 1.165) is 33.4 Å². The van der Waals surface area contributed by atoms with E-state index < -0.39 is 0 Å². The highest BCUT2D eigenvalue weighted by molar-refractivity contribution is 5.73. The molecule has 4 nitrogen and oxygen atoms in total. The normalized spacial score (nSPS) is 11.1. The fourth-order valence-electron chi connectivity index (χ4n) is 4.21. The third-order valence-electron chi connectivity index (χ3n) is 6.17. The lowest BCUT2D eigenvalue weighted by Gasteiger charge is -2.33. The maximum absolute atomic E-state index is 11.9. The fourth-order valence-corrected chi connectivity index (χ4v) is 4.21. The lowest BCUT2D eigenvalue weighted by atomic mass is 9.72. The Hall–Kier alpha value is -3.14. The highest BCUT2D eigenvalue weighted by Crippen LogP contribution is 2.41. The third-order valence-corrected chi connectivity index (χ3v) is 6.17. The van der Waals surface area contributed by atoms with E-state index in [-0.39, 0.29) is 17.4 Å². The predicted octanol–water partition coefficient (Wildman–Crippen LogP) is 6.72. The van der Waals surface area contributed by atoms with Crippen molar-refractivity contribution in [2.24, 2.45) is 0 Å². The molecule has 0 amide bonds. The van der Waals surface area contributed by atoms with Crippen molar-refractivity contribution in [3.63, 3.8) is 0 Å². The third kappa shape index (κ3) is 5.62. The van der Waals surface area contributed by atoms with E-state index in [1.807, 2.05) is 50.3 Å². The van der Waals surface area contributed by atoms with E-state index in [1.54, 1.807) is 13.8 Å². The van der Waals surface area contributed by atoms with Gasteiger partial charge in [-0.15, -0.1) is 13.2 Å². The molecule has 0 spiro atoms. The first-order valence-electron chi connectivity index (χ1n) is 11.5. The van der Waals surface area contributed by atoms with Crippen LogP contribution in [0, 0.1) is 13.8 Å². The Morgan fingerprint density at radius 2 is 1.15 bits per heavy atom. The van der Waals surface area contributed by atoms with E-state index in [2.05, 4.69) is 27.0 Å². The lowest BCUT2D eigenvalue weighted by Crippen LogP contribution is -2.24. The van der Waals surface area contributed by atoms with Crippen LogP contribution in [0.2, 0.25) is 0 Å².